The first-order valence-corrected chi connectivity index (χ1v) is 8.72. The van der Waals surface area contributed by atoms with Gasteiger partial charge in [-0.15, -0.1) is 0 Å². The second-order valence-corrected chi connectivity index (χ2v) is 7.02. The van der Waals surface area contributed by atoms with Crippen molar-refractivity contribution in [3.63, 3.8) is 0 Å². The number of nitrogens with two attached hydrogens (primary N) is 1. The van der Waals surface area contributed by atoms with E-state index in [-0.39, 0.29) is 6.10 Å². The predicted molar refractivity (Wildman–Crippen MR) is 81.4 cm³/mol. The molecule has 3 rings (SSSR count). The zero-order valence-corrected chi connectivity index (χ0v) is 13.2. The van der Waals surface area contributed by atoms with Crippen molar-refractivity contribution in [3.8, 4) is 0 Å². The molecule has 19 heavy (non-hydrogen) atoms. The zero-order chi connectivity index (χ0) is 13.2. The summed E-state index contributed by atoms with van der Waals surface area (Å²) in [6.45, 7) is 0.771. The molecule has 2 heterocycles. The fourth-order valence-electron chi connectivity index (χ4n) is 2.75. The quantitative estimate of drug-likeness (QED) is 0.892. The van der Waals surface area contributed by atoms with E-state index in [1.807, 2.05) is 11.8 Å². The van der Waals surface area contributed by atoms with Gasteiger partial charge in [0, 0.05) is 17.4 Å². The van der Waals surface area contributed by atoms with Crippen LogP contribution in [0.1, 0.15) is 49.2 Å². The van der Waals surface area contributed by atoms with Gasteiger partial charge in [-0.2, -0.15) is 11.8 Å². The maximum Gasteiger partial charge on any atom is 0.160 e. The SMILES string of the molecule is Nc1nc(C2CSCCO2)nc(C2CCCC2)c1Br. The van der Waals surface area contributed by atoms with Crippen LogP contribution in [0.25, 0.3) is 0 Å². The average Bonchev–Trinajstić information content (AvgIpc) is 2.96. The summed E-state index contributed by atoms with van der Waals surface area (Å²) in [4.78, 5) is 9.17. The molecule has 2 fully saturated rings. The van der Waals surface area contributed by atoms with Crippen molar-refractivity contribution in [2.75, 3.05) is 23.8 Å². The number of aromatic nitrogens is 2. The van der Waals surface area contributed by atoms with E-state index in [0.29, 0.717) is 11.7 Å². The highest BCUT2D eigenvalue weighted by Gasteiger charge is 2.26. The minimum atomic E-state index is -0.00527. The first kappa shape index (κ1) is 13.6. The molecular formula is C13H18BrN3OS. The third kappa shape index (κ3) is 2.90. The smallest absolute Gasteiger partial charge is 0.160 e. The lowest BCUT2D eigenvalue weighted by Crippen LogP contribution is -2.20. The summed E-state index contributed by atoms with van der Waals surface area (Å²) in [5.74, 6) is 3.80. The van der Waals surface area contributed by atoms with Crippen molar-refractivity contribution in [1.29, 1.82) is 0 Å². The number of thioether (sulfide) groups is 1. The van der Waals surface area contributed by atoms with E-state index >= 15 is 0 Å². The van der Waals surface area contributed by atoms with Crippen molar-refractivity contribution >= 4 is 33.5 Å². The highest BCUT2D eigenvalue weighted by Crippen LogP contribution is 2.39. The molecule has 0 aromatic carbocycles. The third-order valence-corrected chi connectivity index (χ3v) is 5.57. The van der Waals surface area contributed by atoms with Gasteiger partial charge in [0.2, 0.25) is 0 Å². The molecule has 1 aliphatic carbocycles. The van der Waals surface area contributed by atoms with Gasteiger partial charge in [-0.1, -0.05) is 12.8 Å². The van der Waals surface area contributed by atoms with Gasteiger partial charge >= 0.3 is 0 Å². The largest absolute Gasteiger partial charge is 0.383 e. The van der Waals surface area contributed by atoms with Gasteiger partial charge in [-0.05, 0) is 28.8 Å². The van der Waals surface area contributed by atoms with Crippen molar-refractivity contribution in [2.24, 2.45) is 0 Å². The third-order valence-electron chi connectivity index (χ3n) is 3.77. The van der Waals surface area contributed by atoms with Crippen LogP contribution in [0.15, 0.2) is 4.47 Å². The number of nitrogens with zero attached hydrogens (tertiary/aromatic N) is 2. The standard InChI is InChI=1S/C13H18BrN3OS/c14-10-11(8-3-1-2-4-8)16-13(17-12(10)15)9-7-19-6-5-18-9/h8-9H,1-7H2,(H2,15,16,17). The summed E-state index contributed by atoms with van der Waals surface area (Å²) in [5.41, 5.74) is 7.12. The lowest BCUT2D eigenvalue weighted by atomic mass is 10.0. The topological polar surface area (TPSA) is 61.0 Å². The molecule has 104 valence electrons. The van der Waals surface area contributed by atoms with Crippen LogP contribution in [0.2, 0.25) is 0 Å². The van der Waals surface area contributed by atoms with Gasteiger partial charge in [0.1, 0.15) is 11.9 Å². The van der Waals surface area contributed by atoms with Crippen LogP contribution in [-0.2, 0) is 4.74 Å². The zero-order valence-electron chi connectivity index (χ0n) is 10.8. The first-order valence-electron chi connectivity index (χ1n) is 6.78. The lowest BCUT2D eigenvalue weighted by molar-refractivity contribution is 0.0693. The molecule has 0 radical (unpaired) electrons. The second kappa shape index (κ2) is 5.97. The van der Waals surface area contributed by atoms with Crippen molar-refractivity contribution in [2.45, 2.75) is 37.7 Å². The van der Waals surface area contributed by atoms with Gasteiger partial charge in [0.25, 0.3) is 0 Å². The minimum Gasteiger partial charge on any atom is -0.383 e. The van der Waals surface area contributed by atoms with E-state index in [0.717, 1.165) is 34.1 Å². The van der Waals surface area contributed by atoms with Gasteiger partial charge in [-0.3, -0.25) is 0 Å². The van der Waals surface area contributed by atoms with Gasteiger partial charge < -0.3 is 10.5 Å². The van der Waals surface area contributed by atoms with Crippen LogP contribution in [0.5, 0.6) is 0 Å². The Kier molecular flexibility index (Phi) is 4.29. The molecule has 1 aromatic rings. The van der Waals surface area contributed by atoms with Crippen molar-refractivity contribution in [3.05, 3.63) is 16.0 Å². The molecule has 2 N–H and O–H groups in total. The summed E-state index contributed by atoms with van der Waals surface area (Å²) in [6.07, 6.45) is 4.97. The number of anilines is 1. The van der Waals surface area contributed by atoms with Crippen LogP contribution in [0, 0.1) is 0 Å². The molecular weight excluding hydrogens is 326 g/mol. The van der Waals surface area contributed by atoms with Crippen molar-refractivity contribution in [1.82, 2.24) is 9.97 Å². The van der Waals surface area contributed by atoms with E-state index in [1.54, 1.807) is 0 Å². The number of ether oxygens (including phenoxy) is 1. The summed E-state index contributed by atoms with van der Waals surface area (Å²) in [6, 6.07) is 0. The van der Waals surface area contributed by atoms with E-state index in [2.05, 4.69) is 20.9 Å². The highest BCUT2D eigenvalue weighted by molar-refractivity contribution is 9.10. The van der Waals surface area contributed by atoms with Crippen molar-refractivity contribution < 1.29 is 4.74 Å². The number of nitrogen functional groups attached to an aromatic ring is 1. The number of hydrogen-bond acceptors (Lipinski definition) is 5. The second-order valence-electron chi connectivity index (χ2n) is 5.08. The van der Waals surface area contributed by atoms with Gasteiger partial charge in [0.05, 0.1) is 16.8 Å². The molecule has 1 aromatic heterocycles. The average molecular weight is 344 g/mol. The summed E-state index contributed by atoms with van der Waals surface area (Å²) in [5, 5.41) is 0. The van der Waals surface area contributed by atoms with Crippen LogP contribution in [0.3, 0.4) is 0 Å². The van der Waals surface area contributed by atoms with Crippen LogP contribution in [0.4, 0.5) is 5.82 Å². The number of rotatable bonds is 2. The van der Waals surface area contributed by atoms with E-state index < -0.39 is 0 Å². The predicted octanol–water partition coefficient (Wildman–Crippen LogP) is 3.28. The maximum absolute atomic E-state index is 6.04. The number of halogens is 1. The molecule has 6 heteroatoms. The molecule has 0 spiro atoms. The van der Waals surface area contributed by atoms with Crippen LogP contribution >= 0.6 is 27.7 Å². The number of hydrogen-bond donors (Lipinski definition) is 1. The Labute approximate surface area is 126 Å². The molecule has 2 aliphatic rings. The van der Waals surface area contributed by atoms with Gasteiger partial charge in [0.15, 0.2) is 5.82 Å². The molecule has 1 saturated heterocycles. The normalized spacial score (nSPS) is 24.8. The summed E-state index contributed by atoms with van der Waals surface area (Å²) >= 11 is 5.44. The Morgan fingerprint density at radius 1 is 1.26 bits per heavy atom. The first-order chi connectivity index (χ1) is 9.25. The maximum atomic E-state index is 6.04. The fraction of sp³-hybridized carbons (Fsp3) is 0.692. The molecule has 1 saturated carbocycles. The summed E-state index contributed by atoms with van der Waals surface area (Å²) in [7, 11) is 0. The Morgan fingerprint density at radius 2 is 2.05 bits per heavy atom. The molecule has 1 unspecified atom stereocenters. The fourth-order valence-corrected chi connectivity index (χ4v) is 4.09. The Morgan fingerprint density at radius 3 is 2.74 bits per heavy atom. The van der Waals surface area contributed by atoms with Crippen LogP contribution < -0.4 is 5.73 Å². The van der Waals surface area contributed by atoms with E-state index in [4.69, 9.17) is 15.5 Å². The van der Waals surface area contributed by atoms with Crippen LogP contribution in [-0.4, -0.2) is 28.1 Å². The van der Waals surface area contributed by atoms with E-state index in [1.165, 1.54) is 25.7 Å². The van der Waals surface area contributed by atoms with Gasteiger partial charge in [-0.25, -0.2) is 9.97 Å². The molecule has 1 atom stereocenters. The molecule has 0 bridgehead atoms. The molecule has 4 nitrogen and oxygen atoms in total. The monoisotopic (exact) mass is 343 g/mol. The molecule has 0 amide bonds. The summed E-state index contributed by atoms with van der Waals surface area (Å²) < 4.78 is 6.64. The Bertz CT molecular complexity index is 459. The minimum absolute atomic E-state index is 0.00527. The Hall–Kier alpha value is -0.330. The Balaban J connectivity index is 1.92. The van der Waals surface area contributed by atoms with E-state index in [9.17, 15) is 0 Å². The highest BCUT2D eigenvalue weighted by atomic mass is 79.9. The molecule has 1 aliphatic heterocycles. The lowest BCUT2D eigenvalue weighted by Gasteiger charge is -2.23.